The average molecular weight is 324 g/mol. The molecule has 0 aromatic heterocycles. The van der Waals surface area contributed by atoms with Gasteiger partial charge in [-0.25, -0.2) is 0 Å². The van der Waals surface area contributed by atoms with E-state index in [9.17, 15) is 9.59 Å². The third kappa shape index (κ3) is 5.23. The van der Waals surface area contributed by atoms with Gasteiger partial charge in [0, 0.05) is 5.69 Å². The largest absolute Gasteiger partial charge is 0.344 e. The van der Waals surface area contributed by atoms with Crippen molar-refractivity contribution in [2.24, 2.45) is 5.92 Å². The van der Waals surface area contributed by atoms with E-state index in [1.54, 1.807) is 0 Å². The summed E-state index contributed by atoms with van der Waals surface area (Å²) in [6.45, 7) is 5.81. The quantitative estimate of drug-likeness (QED) is 0.856. The highest BCUT2D eigenvalue weighted by Crippen LogP contribution is 2.12. The Labute approximate surface area is 143 Å². The molecule has 0 radical (unpaired) electrons. The molecule has 0 spiro atoms. The van der Waals surface area contributed by atoms with Gasteiger partial charge in [-0.15, -0.1) is 0 Å². The second-order valence-corrected chi connectivity index (χ2v) is 6.31. The lowest BCUT2D eigenvalue weighted by Gasteiger charge is -2.22. The Balaban J connectivity index is 2.00. The maximum Gasteiger partial charge on any atom is 0.247 e. The highest BCUT2D eigenvalue weighted by Gasteiger charge is 2.24. The molecule has 0 aliphatic rings. The number of carbonyl (C=O) groups excluding carboxylic acids is 2. The molecule has 2 aromatic carbocycles. The van der Waals surface area contributed by atoms with Gasteiger partial charge < -0.3 is 10.6 Å². The van der Waals surface area contributed by atoms with Gasteiger partial charge >= 0.3 is 0 Å². The van der Waals surface area contributed by atoms with Gasteiger partial charge in [0.15, 0.2) is 0 Å². The fourth-order valence-corrected chi connectivity index (χ4v) is 2.48. The lowest BCUT2D eigenvalue weighted by atomic mass is 10.0. The van der Waals surface area contributed by atoms with Crippen molar-refractivity contribution in [3.63, 3.8) is 0 Å². The molecule has 0 aliphatic heterocycles. The van der Waals surface area contributed by atoms with Crippen molar-refractivity contribution in [2.45, 2.75) is 33.2 Å². The number of anilines is 1. The zero-order chi connectivity index (χ0) is 17.5. The van der Waals surface area contributed by atoms with Gasteiger partial charge in [-0.05, 0) is 36.1 Å². The van der Waals surface area contributed by atoms with Crippen LogP contribution in [-0.2, 0) is 16.0 Å². The van der Waals surface area contributed by atoms with E-state index in [-0.39, 0.29) is 24.2 Å². The van der Waals surface area contributed by atoms with Crippen LogP contribution in [0.4, 0.5) is 5.69 Å². The number of hydrogen-bond donors (Lipinski definition) is 2. The lowest BCUT2D eigenvalue weighted by Crippen LogP contribution is -2.47. The zero-order valence-corrected chi connectivity index (χ0v) is 14.4. The number of nitrogens with one attached hydrogen (secondary N) is 2. The molecule has 2 rings (SSSR count). The fourth-order valence-electron chi connectivity index (χ4n) is 2.48. The smallest absolute Gasteiger partial charge is 0.247 e. The van der Waals surface area contributed by atoms with Crippen LogP contribution in [0.2, 0.25) is 0 Å². The molecule has 4 heteroatoms. The Hall–Kier alpha value is -2.62. The van der Waals surface area contributed by atoms with Crippen LogP contribution in [0.1, 0.15) is 25.0 Å². The summed E-state index contributed by atoms with van der Waals surface area (Å²) in [5.74, 6) is -0.356. The van der Waals surface area contributed by atoms with Gasteiger partial charge in [-0.1, -0.05) is 56.3 Å². The molecule has 2 aromatic rings. The summed E-state index contributed by atoms with van der Waals surface area (Å²) in [7, 11) is 0. The van der Waals surface area contributed by atoms with E-state index in [0.29, 0.717) is 0 Å². The molecule has 0 unspecified atom stereocenters. The van der Waals surface area contributed by atoms with Crippen LogP contribution in [0.15, 0.2) is 54.6 Å². The highest BCUT2D eigenvalue weighted by atomic mass is 16.2. The molecule has 0 bridgehead atoms. The van der Waals surface area contributed by atoms with Crippen LogP contribution in [0.25, 0.3) is 0 Å². The van der Waals surface area contributed by atoms with Crippen molar-refractivity contribution >= 4 is 17.5 Å². The van der Waals surface area contributed by atoms with Crippen molar-refractivity contribution in [1.82, 2.24) is 5.32 Å². The van der Waals surface area contributed by atoms with E-state index in [2.05, 4.69) is 10.6 Å². The van der Waals surface area contributed by atoms with Gasteiger partial charge in [-0.2, -0.15) is 0 Å². The van der Waals surface area contributed by atoms with Gasteiger partial charge in [0.1, 0.15) is 6.04 Å². The molecule has 2 N–H and O–H groups in total. The van der Waals surface area contributed by atoms with Crippen LogP contribution in [0, 0.1) is 12.8 Å². The minimum atomic E-state index is -0.568. The molecule has 1 atom stereocenters. The van der Waals surface area contributed by atoms with E-state index >= 15 is 0 Å². The topological polar surface area (TPSA) is 58.2 Å². The zero-order valence-electron chi connectivity index (χ0n) is 14.4. The molecule has 0 fully saturated rings. The molecule has 126 valence electrons. The number of amides is 2. The van der Waals surface area contributed by atoms with Crippen LogP contribution in [0.3, 0.4) is 0 Å². The van der Waals surface area contributed by atoms with Crippen molar-refractivity contribution < 1.29 is 9.59 Å². The van der Waals surface area contributed by atoms with Gasteiger partial charge in [0.2, 0.25) is 11.8 Å². The first-order chi connectivity index (χ1) is 11.5. The lowest BCUT2D eigenvalue weighted by molar-refractivity contribution is -0.127. The second-order valence-electron chi connectivity index (χ2n) is 6.31. The normalized spacial score (nSPS) is 11.8. The number of rotatable bonds is 6. The molecular formula is C20H24N2O2. The first-order valence-electron chi connectivity index (χ1n) is 8.16. The minimum Gasteiger partial charge on any atom is -0.344 e. The van der Waals surface area contributed by atoms with E-state index in [1.165, 1.54) is 0 Å². The summed E-state index contributed by atoms with van der Waals surface area (Å²) in [5, 5.41) is 5.73. The Bertz CT molecular complexity index is 696. The third-order valence-electron chi connectivity index (χ3n) is 3.76. The van der Waals surface area contributed by atoms with Gasteiger partial charge in [0.25, 0.3) is 0 Å². The van der Waals surface area contributed by atoms with Crippen molar-refractivity contribution in [1.29, 1.82) is 0 Å². The first-order valence-corrected chi connectivity index (χ1v) is 8.16. The summed E-state index contributed by atoms with van der Waals surface area (Å²) in [6, 6.07) is 16.5. The highest BCUT2D eigenvalue weighted by molar-refractivity contribution is 5.97. The second kappa shape index (κ2) is 8.29. The van der Waals surface area contributed by atoms with E-state index in [4.69, 9.17) is 0 Å². The fraction of sp³-hybridized carbons (Fsp3) is 0.300. The molecule has 0 saturated carbocycles. The molecular weight excluding hydrogens is 300 g/mol. The summed E-state index contributed by atoms with van der Waals surface area (Å²) < 4.78 is 0. The van der Waals surface area contributed by atoms with E-state index in [0.717, 1.165) is 16.8 Å². The Morgan fingerprint density at radius 1 is 1.00 bits per heavy atom. The van der Waals surface area contributed by atoms with Gasteiger partial charge in [0.05, 0.1) is 6.42 Å². The predicted molar refractivity (Wildman–Crippen MR) is 96.7 cm³/mol. The molecule has 24 heavy (non-hydrogen) atoms. The number of hydrogen-bond acceptors (Lipinski definition) is 2. The van der Waals surface area contributed by atoms with Crippen LogP contribution >= 0.6 is 0 Å². The summed E-state index contributed by atoms with van der Waals surface area (Å²) >= 11 is 0. The number of benzene rings is 2. The molecule has 0 heterocycles. The number of aryl methyl sites for hydroxylation is 1. The first kappa shape index (κ1) is 17.7. The van der Waals surface area contributed by atoms with Crippen molar-refractivity contribution in [3.8, 4) is 0 Å². The van der Waals surface area contributed by atoms with Gasteiger partial charge in [-0.3, -0.25) is 9.59 Å². The minimum absolute atomic E-state index is 0.00506. The number of carbonyl (C=O) groups is 2. The maximum atomic E-state index is 12.5. The standard InChI is InChI=1S/C20H24N2O2/c1-14(2)19(20(24)21-17-11-7-8-15(3)12-17)22-18(23)13-16-9-5-4-6-10-16/h4-12,14,19H,13H2,1-3H3,(H,21,24)(H,22,23)/t19-/m0/s1. The molecule has 2 amide bonds. The van der Waals surface area contributed by atoms with Crippen molar-refractivity contribution in [2.75, 3.05) is 5.32 Å². The Morgan fingerprint density at radius 3 is 2.33 bits per heavy atom. The maximum absolute atomic E-state index is 12.5. The monoisotopic (exact) mass is 324 g/mol. The molecule has 4 nitrogen and oxygen atoms in total. The predicted octanol–water partition coefficient (Wildman–Crippen LogP) is 3.32. The van der Waals surface area contributed by atoms with E-state index < -0.39 is 6.04 Å². The van der Waals surface area contributed by atoms with Crippen molar-refractivity contribution in [3.05, 3.63) is 65.7 Å². The third-order valence-corrected chi connectivity index (χ3v) is 3.76. The summed E-state index contributed by atoms with van der Waals surface area (Å²) in [4.78, 5) is 24.8. The van der Waals surface area contributed by atoms with Crippen LogP contribution in [0.5, 0.6) is 0 Å². The Morgan fingerprint density at radius 2 is 1.71 bits per heavy atom. The Kier molecular flexibility index (Phi) is 6.13. The van der Waals surface area contributed by atoms with Crippen LogP contribution in [-0.4, -0.2) is 17.9 Å². The summed E-state index contributed by atoms with van der Waals surface area (Å²) in [5.41, 5.74) is 2.74. The van der Waals surface area contributed by atoms with E-state index in [1.807, 2.05) is 75.4 Å². The SMILES string of the molecule is Cc1cccc(NC(=O)[C@@H](NC(=O)Cc2ccccc2)C(C)C)c1. The molecule has 0 aliphatic carbocycles. The molecule has 0 saturated heterocycles. The summed E-state index contributed by atoms with van der Waals surface area (Å²) in [6.07, 6.45) is 0.266. The average Bonchev–Trinajstić information content (AvgIpc) is 2.53. The van der Waals surface area contributed by atoms with Crippen LogP contribution < -0.4 is 10.6 Å².